The van der Waals surface area contributed by atoms with Crippen LogP contribution in [0, 0.1) is 5.92 Å². The number of halogens is 2. The molecule has 0 N–H and O–H groups in total. The second-order valence-electron chi connectivity index (χ2n) is 4.05. The first-order valence-electron chi connectivity index (χ1n) is 4.98. The van der Waals surface area contributed by atoms with E-state index in [-0.39, 0.29) is 18.8 Å². The van der Waals surface area contributed by atoms with Crippen molar-refractivity contribution in [2.24, 2.45) is 5.92 Å². The minimum atomic E-state index is -2.53. The van der Waals surface area contributed by atoms with Gasteiger partial charge in [0.1, 0.15) is 5.69 Å². The van der Waals surface area contributed by atoms with E-state index in [0.717, 1.165) is 0 Å². The van der Waals surface area contributed by atoms with E-state index in [0.29, 0.717) is 12.2 Å². The van der Waals surface area contributed by atoms with Crippen LogP contribution in [0.25, 0.3) is 0 Å². The number of aromatic nitrogens is 2. The summed E-state index contributed by atoms with van der Waals surface area (Å²) in [4.78, 5) is 15.1. The number of methoxy groups -OCH3 is 1. The van der Waals surface area contributed by atoms with Crippen LogP contribution >= 0.6 is 0 Å². The number of carbonyl (C=O) groups is 1. The first-order valence-corrected chi connectivity index (χ1v) is 4.98. The van der Waals surface area contributed by atoms with Crippen molar-refractivity contribution < 1.29 is 18.3 Å². The summed E-state index contributed by atoms with van der Waals surface area (Å²) in [6.07, 6.45) is 2.60. The Hall–Kier alpha value is -1.46. The number of carbonyl (C=O) groups excluding carboxylic acids is 1. The number of nitrogens with zero attached hydrogens (tertiary/aromatic N) is 2. The van der Waals surface area contributed by atoms with Gasteiger partial charge in [-0.05, 0) is 5.92 Å². The molecule has 0 bridgehead atoms. The van der Waals surface area contributed by atoms with Gasteiger partial charge in [0.25, 0.3) is 0 Å². The Balaban J connectivity index is 2.00. The van der Waals surface area contributed by atoms with Gasteiger partial charge in [0.15, 0.2) is 0 Å². The molecular weight excluding hydrogens is 218 g/mol. The summed E-state index contributed by atoms with van der Waals surface area (Å²) in [7, 11) is 1.27. The zero-order valence-electron chi connectivity index (χ0n) is 8.82. The molecule has 0 spiro atoms. The first-order chi connectivity index (χ1) is 7.52. The third kappa shape index (κ3) is 2.05. The summed E-state index contributed by atoms with van der Waals surface area (Å²) in [5.41, 5.74) is 0.303. The molecule has 0 radical (unpaired) electrons. The van der Waals surface area contributed by atoms with Crippen LogP contribution in [0.4, 0.5) is 8.78 Å². The number of hydrogen-bond donors (Lipinski definition) is 0. The number of hydrogen-bond acceptors (Lipinski definition) is 3. The molecule has 0 amide bonds. The number of rotatable bonds is 3. The average molecular weight is 230 g/mol. The van der Waals surface area contributed by atoms with Gasteiger partial charge in [0.05, 0.1) is 19.6 Å². The standard InChI is InChI=1S/C10H12F2N2O2/c1-16-9(15)8-4-13-6-14(8)5-7-2-10(11,12)3-7/h4,6-7H,2-3,5H2,1H3. The van der Waals surface area contributed by atoms with Gasteiger partial charge in [0, 0.05) is 19.4 Å². The molecule has 0 aromatic carbocycles. The van der Waals surface area contributed by atoms with Gasteiger partial charge < -0.3 is 9.30 Å². The largest absolute Gasteiger partial charge is 0.464 e. The van der Waals surface area contributed by atoms with E-state index in [1.165, 1.54) is 19.6 Å². The van der Waals surface area contributed by atoms with E-state index >= 15 is 0 Å². The number of esters is 1. The van der Waals surface area contributed by atoms with Gasteiger partial charge in [-0.1, -0.05) is 0 Å². The highest BCUT2D eigenvalue weighted by atomic mass is 19.3. The van der Waals surface area contributed by atoms with Crippen molar-refractivity contribution >= 4 is 5.97 Å². The zero-order valence-corrected chi connectivity index (χ0v) is 8.82. The Morgan fingerprint density at radius 1 is 1.69 bits per heavy atom. The summed E-state index contributed by atoms with van der Waals surface area (Å²) < 4.78 is 31.4. The van der Waals surface area contributed by atoms with Crippen LogP contribution < -0.4 is 0 Å². The Morgan fingerprint density at radius 2 is 2.38 bits per heavy atom. The lowest BCUT2D eigenvalue weighted by molar-refractivity contribution is -0.114. The molecule has 0 aliphatic heterocycles. The van der Waals surface area contributed by atoms with Gasteiger partial charge in [-0.15, -0.1) is 0 Å². The maximum atomic E-state index is 12.6. The molecule has 0 unspecified atom stereocenters. The Labute approximate surface area is 91.2 Å². The third-order valence-electron chi connectivity index (χ3n) is 2.74. The van der Waals surface area contributed by atoms with Crippen LogP contribution in [0.1, 0.15) is 23.3 Å². The summed E-state index contributed by atoms with van der Waals surface area (Å²) in [5, 5.41) is 0. The maximum absolute atomic E-state index is 12.6. The Bertz CT molecular complexity index is 395. The van der Waals surface area contributed by atoms with E-state index in [2.05, 4.69) is 9.72 Å². The lowest BCUT2D eigenvalue weighted by Crippen LogP contribution is -2.38. The molecule has 1 aromatic rings. The molecule has 1 aliphatic rings. The summed E-state index contributed by atoms with van der Waals surface area (Å²) >= 11 is 0. The molecule has 2 rings (SSSR count). The van der Waals surface area contributed by atoms with Crippen LogP contribution in [0.3, 0.4) is 0 Å². The van der Waals surface area contributed by atoms with Gasteiger partial charge in [-0.3, -0.25) is 0 Å². The fraction of sp³-hybridized carbons (Fsp3) is 0.600. The highest BCUT2D eigenvalue weighted by Gasteiger charge is 2.45. The molecule has 1 heterocycles. The van der Waals surface area contributed by atoms with Gasteiger partial charge in [0.2, 0.25) is 5.92 Å². The molecule has 1 saturated carbocycles. The lowest BCUT2D eigenvalue weighted by Gasteiger charge is -2.35. The predicted octanol–water partition coefficient (Wildman–Crippen LogP) is 1.72. The molecule has 0 saturated heterocycles. The van der Waals surface area contributed by atoms with Crippen molar-refractivity contribution in [3.8, 4) is 0 Å². The van der Waals surface area contributed by atoms with E-state index < -0.39 is 11.9 Å². The van der Waals surface area contributed by atoms with Crippen LogP contribution in [-0.4, -0.2) is 28.6 Å². The highest BCUT2D eigenvalue weighted by molar-refractivity contribution is 5.87. The topological polar surface area (TPSA) is 44.1 Å². The van der Waals surface area contributed by atoms with Crippen LogP contribution in [-0.2, 0) is 11.3 Å². The fourth-order valence-corrected chi connectivity index (χ4v) is 1.93. The SMILES string of the molecule is COC(=O)c1cncn1CC1CC(F)(F)C1. The molecule has 88 valence electrons. The molecule has 1 aliphatic carbocycles. The molecule has 1 aromatic heterocycles. The van der Waals surface area contributed by atoms with E-state index in [1.54, 1.807) is 4.57 Å². The average Bonchev–Trinajstić information content (AvgIpc) is 2.62. The molecule has 4 nitrogen and oxygen atoms in total. The van der Waals surface area contributed by atoms with E-state index in [4.69, 9.17) is 0 Å². The van der Waals surface area contributed by atoms with Crippen LogP contribution in [0.2, 0.25) is 0 Å². The fourth-order valence-electron chi connectivity index (χ4n) is 1.93. The molecule has 6 heteroatoms. The van der Waals surface area contributed by atoms with Crippen molar-refractivity contribution in [3.05, 3.63) is 18.2 Å². The van der Waals surface area contributed by atoms with Gasteiger partial charge >= 0.3 is 5.97 Å². The number of alkyl halides is 2. The van der Waals surface area contributed by atoms with Crippen molar-refractivity contribution in [2.45, 2.75) is 25.3 Å². The summed E-state index contributed by atoms with van der Waals surface area (Å²) in [6, 6.07) is 0. The monoisotopic (exact) mass is 230 g/mol. The Morgan fingerprint density at radius 3 is 2.94 bits per heavy atom. The van der Waals surface area contributed by atoms with Gasteiger partial charge in [-0.25, -0.2) is 18.6 Å². The molecule has 1 fully saturated rings. The second kappa shape index (κ2) is 3.84. The number of ether oxygens (including phenoxy) is 1. The van der Waals surface area contributed by atoms with Gasteiger partial charge in [-0.2, -0.15) is 0 Å². The third-order valence-corrected chi connectivity index (χ3v) is 2.74. The van der Waals surface area contributed by atoms with Crippen molar-refractivity contribution in [1.29, 1.82) is 0 Å². The highest BCUT2D eigenvalue weighted by Crippen LogP contribution is 2.43. The predicted molar refractivity (Wildman–Crippen MR) is 51.2 cm³/mol. The normalized spacial score (nSPS) is 19.2. The minimum absolute atomic E-state index is 0.0902. The Kier molecular flexibility index (Phi) is 2.65. The first kappa shape index (κ1) is 11.0. The maximum Gasteiger partial charge on any atom is 0.356 e. The second-order valence-corrected chi connectivity index (χ2v) is 4.05. The smallest absolute Gasteiger partial charge is 0.356 e. The molecule has 0 atom stereocenters. The van der Waals surface area contributed by atoms with Crippen LogP contribution in [0.5, 0.6) is 0 Å². The quantitative estimate of drug-likeness (QED) is 0.742. The summed E-state index contributed by atoms with van der Waals surface area (Å²) in [5.74, 6) is -3.12. The minimum Gasteiger partial charge on any atom is -0.464 e. The zero-order chi connectivity index (χ0) is 11.8. The van der Waals surface area contributed by atoms with Crippen molar-refractivity contribution in [2.75, 3.05) is 7.11 Å². The van der Waals surface area contributed by atoms with Crippen LogP contribution in [0.15, 0.2) is 12.5 Å². The molecular formula is C10H12F2N2O2. The summed E-state index contributed by atoms with van der Waals surface area (Å²) in [6.45, 7) is 0.389. The van der Waals surface area contributed by atoms with E-state index in [1.807, 2.05) is 0 Å². The van der Waals surface area contributed by atoms with Crippen molar-refractivity contribution in [1.82, 2.24) is 9.55 Å². The van der Waals surface area contributed by atoms with E-state index in [9.17, 15) is 13.6 Å². The number of imidazole rings is 1. The lowest BCUT2D eigenvalue weighted by atomic mass is 9.81. The molecule has 16 heavy (non-hydrogen) atoms. The van der Waals surface area contributed by atoms with Crippen molar-refractivity contribution in [3.63, 3.8) is 0 Å².